The molecule has 0 radical (unpaired) electrons. The van der Waals surface area contributed by atoms with Crippen molar-refractivity contribution in [1.29, 1.82) is 0 Å². The van der Waals surface area contributed by atoms with Crippen LogP contribution >= 0.6 is 23.4 Å². The summed E-state index contributed by atoms with van der Waals surface area (Å²) in [4.78, 5) is 17.2. The van der Waals surface area contributed by atoms with Crippen LogP contribution in [0.5, 0.6) is 5.75 Å². The molecule has 10 heteroatoms. The summed E-state index contributed by atoms with van der Waals surface area (Å²) < 4.78 is 13.0. The number of aromatic nitrogens is 3. The summed E-state index contributed by atoms with van der Waals surface area (Å²) in [6, 6.07) is 19.1. The smallest absolute Gasteiger partial charge is 0.233 e. The molecule has 8 nitrogen and oxygen atoms in total. The Morgan fingerprint density at radius 3 is 2.63 bits per heavy atom. The molecule has 0 bridgehead atoms. The van der Waals surface area contributed by atoms with Crippen LogP contribution in [0.4, 0.5) is 5.69 Å². The van der Waals surface area contributed by atoms with Crippen LogP contribution in [0, 0.1) is 0 Å². The molecule has 0 aliphatic carbocycles. The van der Waals surface area contributed by atoms with Gasteiger partial charge in [0.25, 0.3) is 0 Å². The third-order valence-electron chi connectivity index (χ3n) is 5.83. The minimum atomic E-state index is 0.0647. The van der Waals surface area contributed by atoms with Gasteiger partial charge in [-0.3, -0.25) is 9.36 Å². The van der Waals surface area contributed by atoms with Crippen LogP contribution in [0.3, 0.4) is 0 Å². The first kappa shape index (κ1) is 23.3. The molecule has 1 amide bonds. The maximum absolute atomic E-state index is 13.0. The second-order valence-corrected chi connectivity index (χ2v) is 9.31. The Kier molecular flexibility index (Phi) is 6.96. The van der Waals surface area contributed by atoms with E-state index < -0.39 is 0 Å². The standard InChI is InChI=1S/C25H24ClN5O3S/c1-33-21-9-3-2-8-20(21)31-24(22-10-5-15-34-22)27-28-25(31)35-17-23(32)30-13-11-29(12-14-30)19-7-4-6-18(26)16-19/h2-10,15-16H,11-14,17H2,1H3. The third kappa shape index (κ3) is 5.01. The van der Waals surface area contributed by atoms with E-state index in [9.17, 15) is 4.79 Å². The number of rotatable bonds is 7. The number of carbonyl (C=O) groups excluding carboxylic acids is 1. The number of benzene rings is 2. The van der Waals surface area contributed by atoms with Crippen molar-refractivity contribution in [2.24, 2.45) is 0 Å². The molecule has 5 rings (SSSR count). The molecular weight excluding hydrogens is 486 g/mol. The van der Waals surface area contributed by atoms with Crippen molar-refractivity contribution in [1.82, 2.24) is 19.7 Å². The van der Waals surface area contributed by atoms with Gasteiger partial charge in [-0.15, -0.1) is 10.2 Å². The minimum Gasteiger partial charge on any atom is -0.495 e. The first-order valence-electron chi connectivity index (χ1n) is 11.2. The van der Waals surface area contributed by atoms with Gasteiger partial charge in [0.15, 0.2) is 10.9 Å². The summed E-state index contributed by atoms with van der Waals surface area (Å²) in [5.74, 6) is 2.12. The third-order valence-corrected chi connectivity index (χ3v) is 6.98. The van der Waals surface area contributed by atoms with Gasteiger partial charge in [0.05, 0.1) is 24.8 Å². The van der Waals surface area contributed by atoms with Gasteiger partial charge in [0.1, 0.15) is 5.75 Å². The van der Waals surface area contributed by atoms with E-state index in [0.29, 0.717) is 40.6 Å². The van der Waals surface area contributed by atoms with Crippen LogP contribution in [0.15, 0.2) is 76.5 Å². The predicted molar refractivity (Wildman–Crippen MR) is 137 cm³/mol. The topological polar surface area (TPSA) is 76.6 Å². The lowest BCUT2D eigenvalue weighted by molar-refractivity contribution is -0.128. The molecule has 180 valence electrons. The Bertz CT molecular complexity index is 1300. The molecule has 2 aromatic carbocycles. The number of carbonyl (C=O) groups is 1. The van der Waals surface area contributed by atoms with E-state index in [1.54, 1.807) is 19.4 Å². The fraction of sp³-hybridized carbons (Fsp3) is 0.240. The fourth-order valence-corrected chi connectivity index (χ4v) is 5.10. The van der Waals surface area contributed by atoms with E-state index in [4.69, 9.17) is 20.8 Å². The largest absolute Gasteiger partial charge is 0.495 e. The average molecular weight is 510 g/mol. The van der Waals surface area contributed by atoms with Crippen LogP contribution in [0.1, 0.15) is 0 Å². The number of piperazine rings is 1. The molecule has 3 heterocycles. The highest BCUT2D eigenvalue weighted by Gasteiger charge is 2.24. The van der Waals surface area contributed by atoms with E-state index in [-0.39, 0.29) is 11.7 Å². The summed E-state index contributed by atoms with van der Waals surface area (Å²) in [7, 11) is 1.62. The van der Waals surface area contributed by atoms with Crippen molar-refractivity contribution in [2.75, 3.05) is 43.9 Å². The average Bonchev–Trinajstić information content (AvgIpc) is 3.57. The number of hydrogen-bond acceptors (Lipinski definition) is 7. The maximum Gasteiger partial charge on any atom is 0.233 e. The van der Waals surface area contributed by atoms with Crippen molar-refractivity contribution >= 4 is 35.0 Å². The number of furan rings is 1. The molecule has 0 saturated carbocycles. The van der Waals surface area contributed by atoms with Gasteiger partial charge in [-0.05, 0) is 42.5 Å². The fourth-order valence-electron chi connectivity index (χ4n) is 4.06. The minimum absolute atomic E-state index is 0.0647. The van der Waals surface area contributed by atoms with Crippen LogP contribution in [-0.4, -0.2) is 64.6 Å². The highest BCUT2D eigenvalue weighted by atomic mass is 35.5. The zero-order valence-corrected chi connectivity index (χ0v) is 20.7. The molecule has 0 N–H and O–H groups in total. The number of methoxy groups -OCH3 is 1. The molecule has 1 aliphatic rings. The van der Waals surface area contributed by atoms with Crippen LogP contribution in [0.25, 0.3) is 17.3 Å². The van der Waals surface area contributed by atoms with Crippen LogP contribution < -0.4 is 9.64 Å². The molecule has 4 aromatic rings. The van der Waals surface area contributed by atoms with E-state index in [1.807, 2.05) is 64.1 Å². The molecule has 1 aliphatic heterocycles. The number of hydrogen-bond donors (Lipinski definition) is 0. The van der Waals surface area contributed by atoms with Crippen molar-refractivity contribution in [3.05, 3.63) is 71.9 Å². The zero-order chi connectivity index (χ0) is 24.2. The Balaban J connectivity index is 1.30. The monoisotopic (exact) mass is 509 g/mol. The van der Waals surface area contributed by atoms with Gasteiger partial charge in [-0.1, -0.05) is 41.6 Å². The predicted octanol–water partition coefficient (Wildman–Crippen LogP) is 4.63. The SMILES string of the molecule is COc1ccccc1-n1c(SCC(=O)N2CCN(c3cccc(Cl)c3)CC2)nnc1-c1ccco1. The van der Waals surface area contributed by atoms with Crippen molar-refractivity contribution in [3.63, 3.8) is 0 Å². The Labute approximate surface area is 212 Å². The van der Waals surface area contributed by atoms with Crippen molar-refractivity contribution in [3.8, 4) is 23.0 Å². The quantitative estimate of drug-likeness (QED) is 0.336. The number of thioether (sulfide) groups is 1. The summed E-state index contributed by atoms with van der Waals surface area (Å²) >= 11 is 7.48. The lowest BCUT2D eigenvalue weighted by atomic mass is 10.2. The molecule has 1 fully saturated rings. The summed E-state index contributed by atoms with van der Waals surface area (Å²) in [6.07, 6.45) is 1.59. The molecular formula is C25H24ClN5O3S. The molecule has 0 atom stereocenters. The number of halogens is 1. The normalized spacial score (nSPS) is 13.8. The van der Waals surface area contributed by atoms with Gasteiger partial charge in [-0.25, -0.2) is 0 Å². The molecule has 35 heavy (non-hydrogen) atoms. The zero-order valence-electron chi connectivity index (χ0n) is 19.1. The summed E-state index contributed by atoms with van der Waals surface area (Å²) in [6.45, 7) is 2.83. The number of amides is 1. The highest BCUT2D eigenvalue weighted by molar-refractivity contribution is 7.99. The van der Waals surface area contributed by atoms with Crippen molar-refractivity contribution in [2.45, 2.75) is 5.16 Å². The Morgan fingerprint density at radius 2 is 1.89 bits per heavy atom. The van der Waals surface area contributed by atoms with Gasteiger partial charge in [0.2, 0.25) is 11.7 Å². The second kappa shape index (κ2) is 10.5. The number of nitrogens with zero attached hydrogens (tertiary/aromatic N) is 5. The lowest BCUT2D eigenvalue weighted by Gasteiger charge is -2.36. The van der Waals surface area contributed by atoms with Crippen LogP contribution in [0.2, 0.25) is 5.02 Å². The van der Waals surface area contributed by atoms with E-state index in [0.717, 1.165) is 24.5 Å². The lowest BCUT2D eigenvalue weighted by Crippen LogP contribution is -2.49. The molecule has 0 spiro atoms. The first-order chi connectivity index (χ1) is 17.1. The molecule has 1 saturated heterocycles. The Hall–Kier alpha value is -3.43. The van der Waals surface area contributed by atoms with Gasteiger partial charge in [0, 0.05) is 36.9 Å². The van der Waals surface area contributed by atoms with Crippen LogP contribution in [-0.2, 0) is 4.79 Å². The maximum atomic E-state index is 13.0. The van der Waals surface area contributed by atoms with E-state index in [2.05, 4.69) is 15.1 Å². The highest BCUT2D eigenvalue weighted by Crippen LogP contribution is 2.32. The molecule has 2 aromatic heterocycles. The van der Waals surface area contributed by atoms with Gasteiger partial charge >= 0.3 is 0 Å². The number of anilines is 1. The van der Waals surface area contributed by atoms with E-state index in [1.165, 1.54) is 11.8 Å². The summed E-state index contributed by atoms with van der Waals surface area (Å²) in [5, 5.41) is 10.0. The first-order valence-corrected chi connectivity index (χ1v) is 12.5. The van der Waals surface area contributed by atoms with Gasteiger partial charge in [-0.2, -0.15) is 0 Å². The van der Waals surface area contributed by atoms with Gasteiger partial charge < -0.3 is 19.0 Å². The molecule has 0 unspecified atom stereocenters. The Morgan fingerprint density at radius 1 is 1.06 bits per heavy atom. The number of ether oxygens (including phenoxy) is 1. The second-order valence-electron chi connectivity index (χ2n) is 7.93. The number of para-hydroxylation sites is 2. The summed E-state index contributed by atoms with van der Waals surface area (Å²) in [5.41, 5.74) is 1.85. The van der Waals surface area contributed by atoms with E-state index >= 15 is 0 Å². The van der Waals surface area contributed by atoms with Crippen molar-refractivity contribution < 1.29 is 13.9 Å².